The van der Waals surface area contributed by atoms with Crippen molar-refractivity contribution in [2.45, 2.75) is 32.2 Å². The largest absolute Gasteiger partial charge is 0.382 e. The Labute approximate surface area is 181 Å². The maximum absolute atomic E-state index is 13.8. The van der Waals surface area contributed by atoms with Crippen molar-refractivity contribution in [2.75, 3.05) is 18.5 Å². The summed E-state index contributed by atoms with van der Waals surface area (Å²) in [5.41, 5.74) is 10.3. The van der Waals surface area contributed by atoms with Gasteiger partial charge in [0.05, 0.1) is 6.26 Å². The number of nitrogen functional groups attached to an aromatic ring is 1. The number of benzene rings is 1. The highest BCUT2D eigenvalue weighted by Gasteiger charge is 2.20. The molecule has 0 aliphatic heterocycles. The molecule has 0 unspecified atom stereocenters. The van der Waals surface area contributed by atoms with Crippen LogP contribution in [0.4, 0.5) is 10.2 Å². The average Bonchev–Trinajstić information content (AvgIpc) is 3.19. The molecule has 0 radical (unpaired) electrons. The van der Waals surface area contributed by atoms with Crippen LogP contribution in [-0.2, 0) is 35.8 Å². The Morgan fingerprint density at radius 1 is 1.24 bits per heavy atom. The normalized spacial score (nSPS) is 13.9. The first-order valence-electron chi connectivity index (χ1n) is 9.14. The molecule has 0 saturated heterocycles. The van der Waals surface area contributed by atoms with Crippen molar-refractivity contribution < 1.29 is 12.8 Å². The van der Waals surface area contributed by atoms with E-state index in [1.165, 1.54) is 11.1 Å². The summed E-state index contributed by atoms with van der Waals surface area (Å²) >= 11 is 2.32. The van der Waals surface area contributed by atoms with Gasteiger partial charge < -0.3 is 10.3 Å². The minimum absolute atomic E-state index is 0.0350. The third-order valence-corrected chi connectivity index (χ3v) is 6.72. The number of aryl methyl sites for hydroxylation is 2. The van der Waals surface area contributed by atoms with E-state index in [0.29, 0.717) is 17.8 Å². The molecular weight excluding hydrogens is 510 g/mol. The second-order valence-electron chi connectivity index (χ2n) is 7.14. The summed E-state index contributed by atoms with van der Waals surface area (Å²) in [7, 11) is -3.35. The van der Waals surface area contributed by atoms with Gasteiger partial charge in [-0.15, -0.1) is 0 Å². The summed E-state index contributed by atoms with van der Waals surface area (Å²) in [6.07, 6.45) is 3.99. The van der Waals surface area contributed by atoms with Crippen molar-refractivity contribution in [2.24, 2.45) is 0 Å². The summed E-state index contributed by atoms with van der Waals surface area (Å²) < 4.78 is 41.9. The Kier molecular flexibility index (Phi) is 5.46. The summed E-state index contributed by atoms with van der Waals surface area (Å²) in [5, 5.41) is 0. The number of nitrogens with one attached hydrogen (secondary N) is 1. The highest BCUT2D eigenvalue weighted by Crippen LogP contribution is 2.29. The molecule has 0 bridgehead atoms. The number of anilines is 1. The van der Waals surface area contributed by atoms with Crippen molar-refractivity contribution in [3.63, 3.8) is 0 Å². The highest BCUT2D eigenvalue weighted by molar-refractivity contribution is 14.1. The predicted octanol–water partition coefficient (Wildman–Crippen LogP) is 1.78. The van der Waals surface area contributed by atoms with Crippen LogP contribution in [0.5, 0.6) is 0 Å². The van der Waals surface area contributed by atoms with Gasteiger partial charge in [-0.05, 0) is 64.6 Å². The van der Waals surface area contributed by atoms with E-state index in [2.05, 4.69) is 54.4 Å². The number of hydrogen-bond donors (Lipinski definition) is 2. The number of hydrogen-bond acceptors (Lipinski definition) is 6. The molecular formula is C18H20FIN6O2S. The second-order valence-corrected chi connectivity index (χ2v) is 10.1. The molecule has 0 atom stereocenters. The van der Waals surface area contributed by atoms with Crippen LogP contribution in [0.25, 0.3) is 11.2 Å². The van der Waals surface area contributed by atoms with E-state index in [9.17, 15) is 12.8 Å². The zero-order valence-electron chi connectivity index (χ0n) is 15.7. The maximum Gasteiger partial charge on any atom is 0.312 e. The molecule has 1 aromatic carbocycles. The van der Waals surface area contributed by atoms with Gasteiger partial charge in [-0.2, -0.15) is 14.4 Å². The molecule has 0 saturated carbocycles. The van der Waals surface area contributed by atoms with Crippen LogP contribution in [0.3, 0.4) is 0 Å². The summed E-state index contributed by atoms with van der Waals surface area (Å²) in [5.74, 6) is 0.602. The van der Waals surface area contributed by atoms with E-state index in [0.717, 1.165) is 34.7 Å². The quantitative estimate of drug-likeness (QED) is 0.371. The van der Waals surface area contributed by atoms with Crippen molar-refractivity contribution in [3.05, 3.63) is 44.3 Å². The van der Waals surface area contributed by atoms with Crippen LogP contribution in [0, 0.1) is 9.65 Å². The molecule has 1 aliphatic carbocycles. The Morgan fingerprint density at radius 3 is 2.69 bits per heavy atom. The van der Waals surface area contributed by atoms with Crippen LogP contribution in [0.15, 0.2) is 12.1 Å². The number of rotatable bonds is 6. The van der Waals surface area contributed by atoms with Crippen molar-refractivity contribution in [1.29, 1.82) is 0 Å². The number of fused-ring (bicyclic) bond motifs is 2. The van der Waals surface area contributed by atoms with Crippen molar-refractivity contribution in [3.8, 4) is 0 Å². The first-order valence-corrected chi connectivity index (χ1v) is 12.1. The number of nitrogens with zero attached hydrogens (tertiary/aromatic N) is 4. The van der Waals surface area contributed by atoms with Gasteiger partial charge in [0.2, 0.25) is 10.0 Å². The second kappa shape index (κ2) is 7.76. The SMILES string of the molecule is CS(=O)(=O)NCCn1c(Cc2cc3c(cc2I)CCC3)nc2c(N)nc(F)nc21. The monoisotopic (exact) mass is 530 g/mol. The van der Waals surface area contributed by atoms with Crippen LogP contribution in [-0.4, -0.2) is 40.7 Å². The third-order valence-electron chi connectivity index (χ3n) is 4.98. The smallest absolute Gasteiger partial charge is 0.312 e. The summed E-state index contributed by atoms with van der Waals surface area (Å²) in [4.78, 5) is 12.0. The van der Waals surface area contributed by atoms with Crippen LogP contribution in [0.1, 0.15) is 28.9 Å². The summed E-state index contributed by atoms with van der Waals surface area (Å²) in [6, 6.07) is 4.42. The first kappa shape index (κ1) is 20.4. The lowest BCUT2D eigenvalue weighted by atomic mass is 10.0. The van der Waals surface area contributed by atoms with E-state index >= 15 is 0 Å². The average molecular weight is 530 g/mol. The molecule has 8 nitrogen and oxygen atoms in total. The Balaban J connectivity index is 1.75. The van der Waals surface area contributed by atoms with E-state index < -0.39 is 16.1 Å². The lowest BCUT2D eigenvalue weighted by Gasteiger charge is -2.11. The van der Waals surface area contributed by atoms with E-state index in [1.54, 1.807) is 4.57 Å². The molecule has 0 amide bonds. The number of nitrogens with two attached hydrogens (primary N) is 1. The lowest BCUT2D eigenvalue weighted by Crippen LogP contribution is -2.26. The molecule has 3 aromatic rings. The lowest BCUT2D eigenvalue weighted by molar-refractivity contribution is 0.540. The third kappa shape index (κ3) is 4.36. The fourth-order valence-electron chi connectivity index (χ4n) is 3.70. The summed E-state index contributed by atoms with van der Waals surface area (Å²) in [6.45, 7) is 0.375. The minimum Gasteiger partial charge on any atom is -0.382 e. The van der Waals surface area contributed by atoms with Gasteiger partial charge in [0.1, 0.15) is 5.82 Å². The number of halogens is 2. The molecule has 0 spiro atoms. The standard InChI is InChI=1S/C18H20FIN6O2S/c1-29(27,28)22-5-6-26-14(23-15-16(21)24-18(19)25-17(15)26)9-12-7-10-3-2-4-11(10)8-13(12)20/h7-8,22H,2-6,9H2,1H3,(H2,21,24,25). The molecule has 3 N–H and O–H groups in total. The fourth-order valence-corrected chi connectivity index (χ4v) is 4.89. The van der Waals surface area contributed by atoms with Crippen LogP contribution < -0.4 is 10.5 Å². The van der Waals surface area contributed by atoms with Crippen LogP contribution in [0.2, 0.25) is 0 Å². The molecule has 11 heteroatoms. The maximum atomic E-state index is 13.8. The number of aromatic nitrogens is 4. The topological polar surface area (TPSA) is 116 Å². The van der Waals surface area contributed by atoms with Gasteiger partial charge in [0.25, 0.3) is 0 Å². The Hall–Kier alpha value is -1.86. The predicted molar refractivity (Wildman–Crippen MR) is 117 cm³/mol. The van der Waals surface area contributed by atoms with Crippen molar-refractivity contribution >= 4 is 49.6 Å². The zero-order chi connectivity index (χ0) is 20.8. The Morgan fingerprint density at radius 2 is 1.97 bits per heavy atom. The van der Waals surface area contributed by atoms with E-state index in [-0.39, 0.29) is 24.6 Å². The number of sulfonamides is 1. The van der Waals surface area contributed by atoms with Crippen molar-refractivity contribution in [1.82, 2.24) is 24.2 Å². The van der Waals surface area contributed by atoms with Gasteiger partial charge in [-0.25, -0.2) is 18.1 Å². The van der Waals surface area contributed by atoms with E-state index in [4.69, 9.17) is 5.73 Å². The molecule has 29 heavy (non-hydrogen) atoms. The zero-order valence-corrected chi connectivity index (χ0v) is 18.7. The van der Waals surface area contributed by atoms with Gasteiger partial charge in [-0.3, -0.25) is 0 Å². The molecule has 154 valence electrons. The minimum atomic E-state index is -3.35. The fraction of sp³-hybridized carbons (Fsp3) is 0.389. The molecule has 0 fully saturated rings. The molecule has 2 heterocycles. The van der Waals surface area contributed by atoms with Gasteiger partial charge >= 0.3 is 6.08 Å². The van der Waals surface area contributed by atoms with Crippen LogP contribution >= 0.6 is 22.6 Å². The molecule has 4 rings (SSSR count). The van der Waals surface area contributed by atoms with Gasteiger partial charge in [0.15, 0.2) is 17.0 Å². The first-order chi connectivity index (χ1) is 13.7. The Bertz CT molecular complexity index is 1210. The number of imidazole rings is 1. The molecule has 2 aromatic heterocycles. The highest BCUT2D eigenvalue weighted by atomic mass is 127. The van der Waals surface area contributed by atoms with E-state index in [1.807, 2.05) is 0 Å². The molecule has 1 aliphatic rings. The van der Waals surface area contributed by atoms with Gasteiger partial charge in [-0.1, -0.05) is 6.07 Å². The van der Waals surface area contributed by atoms with Gasteiger partial charge in [0, 0.05) is 23.1 Å².